The van der Waals surface area contributed by atoms with E-state index in [0.717, 1.165) is 10.8 Å². The summed E-state index contributed by atoms with van der Waals surface area (Å²) in [7, 11) is -2.26. The van der Waals surface area contributed by atoms with E-state index in [1.807, 2.05) is 24.3 Å². The summed E-state index contributed by atoms with van der Waals surface area (Å²) in [4.78, 5) is 11.8. The second kappa shape index (κ2) is 5.60. The number of fused-ring (bicyclic) bond motifs is 1. The summed E-state index contributed by atoms with van der Waals surface area (Å²) in [5, 5.41) is 4.45. The third-order valence-corrected chi connectivity index (χ3v) is 4.44. The second-order valence-corrected chi connectivity index (χ2v) is 6.17. The summed E-state index contributed by atoms with van der Waals surface area (Å²) in [5.41, 5.74) is 0. The first-order chi connectivity index (χ1) is 9.44. The third kappa shape index (κ3) is 2.97. The first-order valence-corrected chi connectivity index (χ1v) is 7.65. The molecule has 1 atom stereocenters. The molecular weight excluding hydrogens is 276 g/mol. The summed E-state index contributed by atoms with van der Waals surface area (Å²) < 4.78 is 26.4. The van der Waals surface area contributed by atoms with Crippen LogP contribution in [0.1, 0.15) is 6.92 Å². The normalized spacial score (nSPS) is 13.1. The van der Waals surface area contributed by atoms with Crippen LogP contribution in [-0.2, 0) is 14.8 Å². The Balaban J connectivity index is 2.34. The van der Waals surface area contributed by atoms with Crippen LogP contribution >= 0.6 is 0 Å². The van der Waals surface area contributed by atoms with Crippen molar-refractivity contribution in [3.05, 3.63) is 42.5 Å². The van der Waals surface area contributed by atoms with Crippen molar-refractivity contribution in [1.82, 2.24) is 10.0 Å². The van der Waals surface area contributed by atoms with E-state index in [2.05, 4.69) is 10.0 Å². The summed E-state index contributed by atoms with van der Waals surface area (Å²) >= 11 is 0. The van der Waals surface area contributed by atoms with E-state index in [4.69, 9.17) is 0 Å². The topological polar surface area (TPSA) is 75.3 Å². The number of hydrogen-bond acceptors (Lipinski definition) is 4. The highest BCUT2D eigenvalue weighted by atomic mass is 32.2. The van der Waals surface area contributed by atoms with Gasteiger partial charge in [-0.25, -0.2) is 13.1 Å². The Morgan fingerprint density at radius 1 is 1.10 bits per heavy atom. The molecule has 2 N–H and O–H groups in total. The molecule has 2 aromatic rings. The van der Waals surface area contributed by atoms with Gasteiger partial charge in [-0.15, -0.1) is 0 Å². The van der Waals surface area contributed by atoms with Gasteiger partial charge in [0.2, 0.25) is 0 Å². The molecule has 2 aromatic carbocycles. The van der Waals surface area contributed by atoms with Gasteiger partial charge in [0.15, 0.2) is 0 Å². The van der Waals surface area contributed by atoms with Crippen molar-refractivity contribution in [3.8, 4) is 0 Å². The van der Waals surface area contributed by atoms with Gasteiger partial charge < -0.3 is 5.32 Å². The van der Waals surface area contributed by atoms with Crippen LogP contribution in [0.4, 0.5) is 0 Å². The first kappa shape index (κ1) is 14.5. The molecule has 0 saturated heterocycles. The van der Waals surface area contributed by atoms with Gasteiger partial charge in [0.25, 0.3) is 15.9 Å². The minimum atomic E-state index is -3.85. The Kier molecular flexibility index (Phi) is 4.06. The maximum atomic E-state index is 12.1. The Hall–Kier alpha value is -1.92. The van der Waals surface area contributed by atoms with Crippen molar-refractivity contribution in [2.24, 2.45) is 0 Å². The van der Waals surface area contributed by atoms with Gasteiger partial charge in [-0.1, -0.05) is 30.3 Å². The van der Waals surface area contributed by atoms with Crippen LogP contribution in [0.3, 0.4) is 0 Å². The van der Waals surface area contributed by atoms with Crippen LogP contribution in [0.5, 0.6) is 0 Å². The van der Waals surface area contributed by atoms with Crippen molar-refractivity contribution in [1.29, 1.82) is 0 Å². The zero-order valence-corrected chi connectivity index (χ0v) is 12.1. The lowest BCUT2D eigenvalue weighted by Crippen LogP contribution is -2.43. The third-order valence-electron chi connectivity index (χ3n) is 3.09. The Bertz CT molecular complexity index is 741. The zero-order chi connectivity index (χ0) is 14.8. The van der Waals surface area contributed by atoms with Gasteiger partial charge in [0.05, 0.1) is 10.9 Å². The molecule has 0 unspecified atom stereocenters. The predicted molar refractivity (Wildman–Crippen MR) is 77.8 cm³/mol. The summed E-state index contributed by atoms with van der Waals surface area (Å²) in [5.74, 6) is -0.583. The van der Waals surface area contributed by atoms with Gasteiger partial charge >= 0.3 is 0 Å². The average Bonchev–Trinajstić information content (AvgIpc) is 2.45. The smallest absolute Gasteiger partial charge is 0.264 e. The van der Waals surface area contributed by atoms with Crippen molar-refractivity contribution < 1.29 is 13.2 Å². The van der Waals surface area contributed by atoms with E-state index in [1.54, 1.807) is 26.1 Å². The molecule has 0 heterocycles. The van der Waals surface area contributed by atoms with E-state index in [9.17, 15) is 13.2 Å². The van der Waals surface area contributed by atoms with Gasteiger partial charge in [0, 0.05) is 0 Å². The van der Waals surface area contributed by atoms with E-state index in [-0.39, 0.29) is 4.90 Å². The molecule has 106 valence electrons. The molecule has 0 aliphatic carbocycles. The number of amides is 1. The molecule has 0 radical (unpaired) electrons. The summed E-state index contributed by atoms with van der Waals surface area (Å²) in [6.07, 6.45) is 0. The largest absolute Gasteiger partial charge is 0.309 e. The van der Waals surface area contributed by atoms with Gasteiger partial charge in [0.1, 0.15) is 0 Å². The molecule has 0 bridgehead atoms. The van der Waals surface area contributed by atoms with Crippen LogP contribution in [0.25, 0.3) is 10.8 Å². The monoisotopic (exact) mass is 292 g/mol. The lowest BCUT2D eigenvalue weighted by molar-refractivity contribution is -0.120. The number of sulfonamides is 1. The fraction of sp³-hybridized carbons (Fsp3) is 0.214. The summed E-state index contributed by atoms with van der Waals surface area (Å²) in [6, 6.07) is 11.6. The van der Waals surface area contributed by atoms with Crippen LogP contribution in [0.15, 0.2) is 47.4 Å². The molecule has 2 rings (SSSR count). The van der Waals surface area contributed by atoms with Gasteiger partial charge in [-0.3, -0.25) is 4.79 Å². The molecular formula is C14H16N2O3S. The maximum Gasteiger partial charge on any atom is 0.264 e. The SMILES string of the molecule is CN[C@H](C)C(=O)NS(=O)(=O)c1ccc2ccccc2c1. The molecule has 0 aromatic heterocycles. The number of carbonyl (C=O) groups is 1. The highest BCUT2D eigenvalue weighted by molar-refractivity contribution is 7.90. The number of benzene rings is 2. The highest BCUT2D eigenvalue weighted by Crippen LogP contribution is 2.18. The molecule has 0 fully saturated rings. The minimum Gasteiger partial charge on any atom is -0.309 e. The summed E-state index contributed by atoms with van der Waals surface area (Å²) in [6.45, 7) is 1.59. The fourth-order valence-electron chi connectivity index (χ4n) is 1.75. The van der Waals surface area contributed by atoms with Crippen LogP contribution in [0, 0.1) is 0 Å². The fourth-order valence-corrected chi connectivity index (χ4v) is 2.83. The van der Waals surface area contributed by atoms with E-state index >= 15 is 0 Å². The van der Waals surface area contributed by atoms with Crippen LogP contribution in [-0.4, -0.2) is 27.4 Å². The van der Waals surface area contributed by atoms with E-state index in [1.165, 1.54) is 6.07 Å². The van der Waals surface area contributed by atoms with E-state index < -0.39 is 22.0 Å². The first-order valence-electron chi connectivity index (χ1n) is 6.17. The standard InChI is InChI=1S/C14H16N2O3S/c1-10(15-2)14(17)16-20(18,19)13-8-7-11-5-3-4-6-12(11)9-13/h3-10,15H,1-2H3,(H,16,17)/t10-/m1/s1. The van der Waals surface area contributed by atoms with Gasteiger partial charge in [-0.05, 0) is 36.9 Å². The average molecular weight is 292 g/mol. The highest BCUT2D eigenvalue weighted by Gasteiger charge is 2.20. The van der Waals surface area contributed by atoms with Crippen molar-refractivity contribution in [2.75, 3.05) is 7.05 Å². The lowest BCUT2D eigenvalue weighted by Gasteiger charge is -2.12. The predicted octanol–water partition coefficient (Wildman–Crippen LogP) is 1.25. The number of likely N-dealkylation sites (N-methyl/N-ethyl adjacent to an activating group) is 1. The van der Waals surface area contributed by atoms with E-state index in [0.29, 0.717) is 0 Å². The molecule has 0 saturated carbocycles. The number of nitrogens with one attached hydrogen (secondary N) is 2. The number of rotatable bonds is 4. The van der Waals surface area contributed by atoms with Crippen molar-refractivity contribution in [2.45, 2.75) is 17.9 Å². The molecule has 0 aliphatic heterocycles. The number of carbonyl (C=O) groups excluding carboxylic acids is 1. The maximum absolute atomic E-state index is 12.1. The number of hydrogen-bond donors (Lipinski definition) is 2. The molecule has 0 spiro atoms. The Labute approximate surface area is 118 Å². The Morgan fingerprint density at radius 2 is 1.75 bits per heavy atom. The quantitative estimate of drug-likeness (QED) is 0.889. The van der Waals surface area contributed by atoms with Gasteiger partial charge in [-0.2, -0.15) is 0 Å². The van der Waals surface area contributed by atoms with Crippen molar-refractivity contribution in [3.63, 3.8) is 0 Å². The lowest BCUT2D eigenvalue weighted by atomic mass is 10.1. The van der Waals surface area contributed by atoms with Crippen LogP contribution < -0.4 is 10.0 Å². The molecule has 6 heteroatoms. The second-order valence-electron chi connectivity index (χ2n) is 4.49. The van der Waals surface area contributed by atoms with Crippen molar-refractivity contribution >= 4 is 26.7 Å². The molecule has 1 amide bonds. The Morgan fingerprint density at radius 3 is 2.40 bits per heavy atom. The molecule has 5 nitrogen and oxygen atoms in total. The van der Waals surface area contributed by atoms with Crippen LogP contribution in [0.2, 0.25) is 0 Å². The molecule has 0 aliphatic rings. The zero-order valence-electron chi connectivity index (χ0n) is 11.3. The minimum absolute atomic E-state index is 0.0767. The molecule has 20 heavy (non-hydrogen) atoms.